The molecular formula is C26H26N2O5S. The number of β-lactam (4-membered cyclic amide) rings is 1. The van der Waals surface area contributed by atoms with Gasteiger partial charge in [0.1, 0.15) is 29.5 Å². The summed E-state index contributed by atoms with van der Waals surface area (Å²) in [5.41, 5.74) is 2.66. The number of esters is 1. The zero-order valence-corrected chi connectivity index (χ0v) is 19.8. The fourth-order valence-electron chi connectivity index (χ4n) is 3.91. The van der Waals surface area contributed by atoms with Gasteiger partial charge in [-0.3, -0.25) is 14.5 Å². The Morgan fingerprint density at radius 3 is 2.53 bits per heavy atom. The number of ether oxygens (including phenoxy) is 2. The average molecular weight is 479 g/mol. The van der Waals surface area contributed by atoms with E-state index >= 15 is 0 Å². The third-order valence-corrected chi connectivity index (χ3v) is 6.91. The molecule has 34 heavy (non-hydrogen) atoms. The van der Waals surface area contributed by atoms with E-state index < -0.39 is 12.0 Å². The largest absolute Gasteiger partial charge is 0.497 e. The van der Waals surface area contributed by atoms with Gasteiger partial charge in [-0.25, -0.2) is 4.79 Å². The van der Waals surface area contributed by atoms with Crippen molar-refractivity contribution in [2.45, 2.75) is 31.4 Å². The maximum Gasteiger partial charge on any atom is 0.355 e. The Bertz CT molecular complexity index is 1130. The lowest BCUT2D eigenvalue weighted by atomic mass is 10.0. The number of hydrogen-bond acceptors (Lipinski definition) is 6. The topological polar surface area (TPSA) is 84.9 Å². The number of carbonyl (C=O) groups is 3. The standard InChI is InChI=1S/C26H26N2O5S/c1-3-7-19-16-34-25-22(27-21(29)14-17-8-5-4-6-9-17)24(30)28(25)23(19)26(31)33-15-18-10-12-20(32-2)13-11-18/h3-13,22,25H,14-16H2,1-2H3,(H,27,29)/b7-3+/t22-,25+/m1/s1. The molecule has 2 amide bonds. The normalized spacial score (nSPS) is 19.5. The molecule has 0 unspecified atom stereocenters. The van der Waals surface area contributed by atoms with Gasteiger partial charge >= 0.3 is 5.97 Å². The van der Waals surface area contributed by atoms with E-state index in [0.717, 1.165) is 16.7 Å². The minimum absolute atomic E-state index is 0.0759. The Hall–Kier alpha value is -3.52. The summed E-state index contributed by atoms with van der Waals surface area (Å²) in [6, 6.07) is 15.9. The van der Waals surface area contributed by atoms with E-state index in [1.807, 2.05) is 61.5 Å². The highest BCUT2D eigenvalue weighted by atomic mass is 32.2. The Balaban J connectivity index is 1.44. The molecule has 7 nitrogen and oxygen atoms in total. The predicted molar refractivity (Wildman–Crippen MR) is 130 cm³/mol. The number of benzene rings is 2. The summed E-state index contributed by atoms with van der Waals surface area (Å²) < 4.78 is 10.7. The number of methoxy groups -OCH3 is 1. The minimum atomic E-state index is -0.669. The van der Waals surface area contributed by atoms with Gasteiger partial charge in [0.05, 0.1) is 13.5 Å². The van der Waals surface area contributed by atoms with Crippen LogP contribution in [0.5, 0.6) is 5.75 Å². The molecule has 2 aromatic rings. The molecule has 1 saturated heterocycles. The lowest BCUT2D eigenvalue weighted by Crippen LogP contribution is -2.70. The fourth-order valence-corrected chi connectivity index (χ4v) is 5.22. The minimum Gasteiger partial charge on any atom is -0.497 e. The van der Waals surface area contributed by atoms with Gasteiger partial charge in [-0.05, 0) is 35.8 Å². The molecule has 4 rings (SSSR count). The van der Waals surface area contributed by atoms with Crippen molar-refractivity contribution in [1.82, 2.24) is 10.2 Å². The molecule has 0 spiro atoms. The molecule has 2 aromatic carbocycles. The number of amides is 2. The number of nitrogens with one attached hydrogen (secondary N) is 1. The van der Waals surface area contributed by atoms with Gasteiger partial charge in [0.25, 0.3) is 5.91 Å². The number of allylic oxidation sites excluding steroid dienone is 2. The number of carbonyl (C=O) groups excluding carboxylic acids is 3. The number of nitrogens with zero attached hydrogens (tertiary/aromatic N) is 1. The van der Waals surface area contributed by atoms with Gasteiger partial charge in [0, 0.05) is 5.75 Å². The maximum atomic E-state index is 13.1. The van der Waals surface area contributed by atoms with Crippen molar-refractivity contribution >= 4 is 29.5 Å². The van der Waals surface area contributed by atoms with Gasteiger partial charge in [0.15, 0.2) is 0 Å². The van der Waals surface area contributed by atoms with Crippen molar-refractivity contribution in [2.75, 3.05) is 12.9 Å². The van der Waals surface area contributed by atoms with Gasteiger partial charge < -0.3 is 14.8 Å². The Labute approximate surface area is 202 Å². The van der Waals surface area contributed by atoms with E-state index in [9.17, 15) is 14.4 Å². The predicted octanol–water partition coefficient (Wildman–Crippen LogP) is 3.21. The van der Waals surface area contributed by atoms with Gasteiger partial charge in [-0.15, -0.1) is 11.8 Å². The first-order valence-corrected chi connectivity index (χ1v) is 12.0. The van der Waals surface area contributed by atoms with Crippen LogP contribution < -0.4 is 10.1 Å². The van der Waals surface area contributed by atoms with Crippen molar-refractivity contribution in [3.8, 4) is 5.75 Å². The molecule has 0 aliphatic carbocycles. The van der Waals surface area contributed by atoms with Gasteiger partial charge in [0.2, 0.25) is 5.91 Å². The molecule has 1 fully saturated rings. The quantitative estimate of drug-likeness (QED) is 0.463. The smallest absolute Gasteiger partial charge is 0.355 e. The maximum absolute atomic E-state index is 13.1. The number of rotatable bonds is 8. The molecule has 2 heterocycles. The first-order valence-electron chi connectivity index (χ1n) is 11.0. The van der Waals surface area contributed by atoms with E-state index in [1.165, 1.54) is 16.7 Å². The molecule has 2 atom stereocenters. The number of fused-ring (bicyclic) bond motifs is 1. The van der Waals surface area contributed by atoms with E-state index in [-0.39, 0.29) is 35.9 Å². The SMILES string of the molecule is C/C=C/C1=C(C(=O)OCc2ccc(OC)cc2)N2C(=O)[C@@H](NC(=O)Cc3ccccc3)[C@@H]2SC1. The molecule has 1 N–H and O–H groups in total. The van der Waals surface area contributed by atoms with Crippen molar-refractivity contribution in [2.24, 2.45) is 0 Å². The Morgan fingerprint density at radius 2 is 1.85 bits per heavy atom. The lowest BCUT2D eigenvalue weighted by Gasteiger charge is -2.49. The summed E-state index contributed by atoms with van der Waals surface area (Å²) >= 11 is 1.52. The molecular weight excluding hydrogens is 452 g/mol. The fraction of sp³-hybridized carbons (Fsp3) is 0.269. The lowest BCUT2D eigenvalue weighted by molar-refractivity contribution is -0.153. The highest BCUT2D eigenvalue weighted by molar-refractivity contribution is 8.00. The second-order valence-corrected chi connectivity index (χ2v) is 9.02. The van der Waals surface area contributed by atoms with Crippen LogP contribution in [0.3, 0.4) is 0 Å². The third-order valence-electron chi connectivity index (χ3n) is 5.61. The molecule has 8 heteroatoms. The molecule has 0 bridgehead atoms. The second kappa shape index (κ2) is 10.6. The van der Waals surface area contributed by atoms with Crippen LogP contribution in [0.1, 0.15) is 18.1 Å². The first-order chi connectivity index (χ1) is 16.5. The zero-order chi connectivity index (χ0) is 24.1. The number of hydrogen-bond donors (Lipinski definition) is 1. The summed E-state index contributed by atoms with van der Waals surface area (Å²) in [4.78, 5) is 40.0. The van der Waals surface area contributed by atoms with Crippen LogP contribution in [0, 0.1) is 0 Å². The molecule has 2 aliphatic rings. The molecule has 2 aliphatic heterocycles. The first kappa shape index (κ1) is 23.6. The second-order valence-electron chi connectivity index (χ2n) is 7.92. The van der Waals surface area contributed by atoms with Crippen LogP contribution in [0.25, 0.3) is 0 Å². The van der Waals surface area contributed by atoms with Gasteiger partial charge in [-0.1, -0.05) is 54.6 Å². The van der Waals surface area contributed by atoms with E-state index in [2.05, 4.69) is 5.32 Å². The Morgan fingerprint density at radius 1 is 1.12 bits per heavy atom. The highest BCUT2D eigenvalue weighted by Crippen LogP contribution is 2.41. The molecule has 0 radical (unpaired) electrons. The average Bonchev–Trinajstić information content (AvgIpc) is 2.86. The summed E-state index contributed by atoms with van der Waals surface area (Å²) in [6.07, 6.45) is 3.84. The summed E-state index contributed by atoms with van der Waals surface area (Å²) in [5.74, 6) is 0.161. The van der Waals surface area contributed by atoms with Crippen molar-refractivity contribution < 1.29 is 23.9 Å². The monoisotopic (exact) mass is 478 g/mol. The van der Waals surface area contributed by atoms with Crippen LogP contribution in [0.2, 0.25) is 0 Å². The summed E-state index contributed by atoms with van der Waals surface area (Å²) in [6.45, 7) is 1.93. The van der Waals surface area contributed by atoms with Crippen LogP contribution in [-0.4, -0.2) is 47.0 Å². The van der Waals surface area contributed by atoms with Crippen LogP contribution in [0.4, 0.5) is 0 Å². The van der Waals surface area contributed by atoms with Crippen molar-refractivity contribution in [3.05, 3.63) is 89.1 Å². The van der Waals surface area contributed by atoms with Crippen LogP contribution in [-0.2, 0) is 32.1 Å². The number of thioether (sulfide) groups is 1. The van der Waals surface area contributed by atoms with Crippen LogP contribution in [0.15, 0.2) is 78.0 Å². The van der Waals surface area contributed by atoms with Gasteiger partial charge in [-0.2, -0.15) is 0 Å². The summed E-state index contributed by atoms with van der Waals surface area (Å²) in [5, 5.41) is 2.49. The van der Waals surface area contributed by atoms with E-state index in [0.29, 0.717) is 11.5 Å². The van der Waals surface area contributed by atoms with E-state index in [4.69, 9.17) is 9.47 Å². The zero-order valence-electron chi connectivity index (χ0n) is 19.0. The molecule has 176 valence electrons. The van der Waals surface area contributed by atoms with Crippen LogP contribution >= 0.6 is 11.8 Å². The third kappa shape index (κ3) is 5.02. The highest BCUT2D eigenvalue weighted by Gasteiger charge is 2.54. The molecule has 0 aromatic heterocycles. The van der Waals surface area contributed by atoms with Crippen molar-refractivity contribution in [1.29, 1.82) is 0 Å². The van der Waals surface area contributed by atoms with Crippen molar-refractivity contribution in [3.63, 3.8) is 0 Å². The molecule has 0 saturated carbocycles. The summed E-state index contributed by atoms with van der Waals surface area (Å²) in [7, 11) is 1.59. The Kier molecular flexibility index (Phi) is 7.37. The van der Waals surface area contributed by atoms with E-state index in [1.54, 1.807) is 19.2 Å².